The number of nitro groups is 1. The van der Waals surface area contributed by atoms with Gasteiger partial charge in [0.25, 0.3) is 5.69 Å². The molecule has 1 aliphatic rings. The number of rotatable bonds is 4. The summed E-state index contributed by atoms with van der Waals surface area (Å²) in [6, 6.07) is 22.0. The van der Waals surface area contributed by atoms with Gasteiger partial charge in [-0.15, -0.1) is 0 Å². The molecule has 1 aromatic heterocycles. The second-order valence-corrected chi connectivity index (χ2v) is 6.69. The van der Waals surface area contributed by atoms with E-state index in [9.17, 15) is 10.1 Å². The molecule has 0 amide bonds. The average molecular weight is 347 g/mol. The number of hydrogen-bond donors (Lipinski definition) is 0. The van der Waals surface area contributed by atoms with Crippen LogP contribution in [-0.2, 0) is 13.1 Å². The van der Waals surface area contributed by atoms with Gasteiger partial charge in [0.1, 0.15) is 0 Å². The highest BCUT2D eigenvalue weighted by Gasteiger charge is 2.27. The van der Waals surface area contributed by atoms with E-state index < -0.39 is 0 Å². The zero-order chi connectivity index (χ0) is 17.9. The summed E-state index contributed by atoms with van der Waals surface area (Å²) in [5.41, 5.74) is 3.81. The summed E-state index contributed by atoms with van der Waals surface area (Å²) in [5, 5.41) is 10.9. The zero-order valence-electron chi connectivity index (χ0n) is 14.5. The summed E-state index contributed by atoms with van der Waals surface area (Å²) in [6.07, 6.45) is 3.23. The van der Waals surface area contributed by atoms with Crippen molar-refractivity contribution >= 4 is 5.69 Å². The summed E-state index contributed by atoms with van der Waals surface area (Å²) in [6.45, 7) is 2.77. The Labute approximate surface area is 152 Å². The number of fused-ring (bicyclic) bond motifs is 1. The van der Waals surface area contributed by atoms with E-state index in [4.69, 9.17) is 0 Å². The Bertz CT molecular complexity index is 887. The van der Waals surface area contributed by atoms with Gasteiger partial charge >= 0.3 is 0 Å². The predicted octanol–water partition coefficient (Wildman–Crippen LogP) is 4.39. The van der Waals surface area contributed by atoms with Crippen molar-refractivity contribution in [3.8, 4) is 0 Å². The van der Waals surface area contributed by atoms with Crippen LogP contribution < -0.4 is 0 Å². The third-order valence-corrected chi connectivity index (χ3v) is 5.00. The predicted molar refractivity (Wildman–Crippen MR) is 101 cm³/mol. The van der Waals surface area contributed by atoms with Crippen LogP contribution in [0.3, 0.4) is 0 Å². The van der Waals surface area contributed by atoms with Gasteiger partial charge in [0.15, 0.2) is 0 Å². The van der Waals surface area contributed by atoms with Crippen molar-refractivity contribution in [3.05, 3.63) is 99.9 Å². The first-order chi connectivity index (χ1) is 12.7. The molecular formula is C21H21N3O2. The van der Waals surface area contributed by atoms with Crippen molar-refractivity contribution in [2.24, 2.45) is 0 Å². The monoisotopic (exact) mass is 347 g/mol. The molecule has 5 nitrogen and oxygen atoms in total. The fraction of sp³-hybridized carbons (Fsp3) is 0.238. The van der Waals surface area contributed by atoms with Crippen molar-refractivity contribution in [3.63, 3.8) is 0 Å². The quantitative estimate of drug-likeness (QED) is 0.519. The highest BCUT2D eigenvalue weighted by molar-refractivity contribution is 5.34. The standard InChI is InChI=1S/C21H21N3O2/c25-24(26)19-11-9-17(10-12-19)16-23-15-5-14-22-13-4-8-20(22)21(23)18-6-2-1-3-7-18/h1-4,6-13,21H,5,14-16H2/t21-/m0/s1. The van der Waals surface area contributed by atoms with Gasteiger partial charge < -0.3 is 4.57 Å². The molecule has 132 valence electrons. The van der Waals surface area contributed by atoms with Crippen molar-refractivity contribution in [1.82, 2.24) is 9.47 Å². The molecule has 4 rings (SSSR count). The number of benzene rings is 2. The largest absolute Gasteiger partial charge is 0.350 e. The van der Waals surface area contributed by atoms with E-state index in [2.05, 4.69) is 52.1 Å². The summed E-state index contributed by atoms with van der Waals surface area (Å²) >= 11 is 0. The highest BCUT2D eigenvalue weighted by Crippen LogP contribution is 2.33. The molecule has 0 fully saturated rings. The fourth-order valence-corrected chi connectivity index (χ4v) is 3.78. The molecule has 0 aliphatic carbocycles. The molecule has 0 saturated carbocycles. The number of non-ortho nitro benzene ring substituents is 1. The Morgan fingerprint density at radius 2 is 1.73 bits per heavy atom. The Morgan fingerprint density at radius 3 is 2.46 bits per heavy atom. The van der Waals surface area contributed by atoms with E-state index in [0.29, 0.717) is 0 Å². The zero-order valence-corrected chi connectivity index (χ0v) is 14.5. The minimum Gasteiger partial charge on any atom is -0.350 e. The minimum atomic E-state index is -0.352. The maximum atomic E-state index is 10.9. The molecule has 0 unspecified atom stereocenters. The summed E-state index contributed by atoms with van der Waals surface area (Å²) < 4.78 is 2.34. The Morgan fingerprint density at radius 1 is 0.962 bits per heavy atom. The number of hydrogen-bond acceptors (Lipinski definition) is 3. The lowest BCUT2D eigenvalue weighted by atomic mass is 10.0. The molecule has 1 atom stereocenters. The van der Waals surface area contributed by atoms with E-state index >= 15 is 0 Å². The molecule has 0 bridgehead atoms. The van der Waals surface area contributed by atoms with Crippen LogP contribution in [0, 0.1) is 10.1 Å². The van der Waals surface area contributed by atoms with Crippen LogP contribution in [0.1, 0.15) is 29.3 Å². The summed E-state index contributed by atoms with van der Waals surface area (Å²) in [7, 11) is 0. The molecule has 0 radical (unpaired) electrons. The Balaban J connectivity index is 1.67. The van der Waals surface area contributed by atoms with Gasteiger partial charge in [-0.1, -0.05) is 42.5 Å². The van der Waals surface area contributed by atoms with E-state index in [1.165, 1.54) is 11.3 Å². The van der Waals surface area contributed by atoms with Gasteiger partial charge in [0, 0.05) is 43.7 Å². The first-order valence-electron chi connectivity index (χ1n) is 8.90. The summed E-state index contributed by atoms with van der Waals surface area (Å²) in [4.78, 5) is 13.0. The second kappa shape index (κ2) is 7.14. The first kappa shape index (κ1) is 16.5. The Kier molecular flexibility index (Phi) is 4.54. The lowest BCUT2D eigenvalue weighted by molar-refractivity contribution is -0.384. The highest BCUT2D eigenvalue weighted by atomic mass is 16.6. The third kappa shape index (κ3) is 3.26. The van der Waals surface area contributed by atoms with Gasteiger partial charge in [-0.05, 0) is 29.7 Å². The van der Waals surface area contributed by atoms with Gasteiger partial charge in [-0.3, -0.25) is 15.0 Å². The van der Waals surface area contributed by atoms with E-state index in [0.717, 1.165) is 31.6 Å². The molecule has 0 N–H and O–H groups in total. The van der Waals surface area contributed by atoms with Crippen molar-refractivity contribution < 1.29 is 4.92 Å². The number of nitrogens with zero attached hydrogens (tertiary/aromatic N) is 3. The number of aromatic nitrogens is 1. The van der Waals surface area contributed by atoms with Crippen LogP contribution in [0.15, 0.2) is 72.9 Å². The molecular weight excluding hydrogens is 326 g/mol. The lowest BCUT2D eigenvalue weighted by Gasteiger charge is -2.30. The van der Waals surface area contributed by atoms with Crippen LogP contribution in [0.4, 0.5) is 5.69 Å². The molecule has 2 aromatic carbocycles. The van der Waals surface area contributed by atoms with Crippen molar-refractivity contribution in [1.29, 1.82) is 0 Å². The Hall–Kier alpha value is -2.92. The average Bonchev–Trinajstić information content (AvgIpc) is 3.04. The molecule has 0 spiro atoms. The van der Waals surface area contributed by atoms with E-state index in [-0.39, 0.29) is 16.7 Å². The molecule has 1 aliphatic heterocycles. The minimum absolute atomic E-state index is 0.137. The summed E-state index contributed by atoms with van der Waals surface area (Å²) in [5.74, 6) is 0. The van der Waals surface area contributed by atoms with Crippen molar-refractivity contribution in [2.75, 3.05) is 6.54 Å². The van der Waals surface area contributed by atoms with Gasteiger partial charge in [0.2, 0.25) is 0 Å². The smallest absolute Gasteiger partial charge is 0.269 e. The van der Waals surface area contributed by atoms with Crippen LogP contribution in [0.2, 0.25) is 0 Å². The van der Waals surface area contributed by atoms with Crippen LogP contribution in [0.5, 0.6) is 0 Å². The topological polar surface area (TPSA) is 51.3 Å². The van der Waals surface area contributed by atoms with Gasteiger partial charge in [-0.25, -0.2) is 0 Å². The molecule has 5 heteroatoms. The fourth-order valence-electron chi connectivity index (χ4n) is 3.78. The molecule has 3 aromatic rings. The lowest BCUT2D eigenvalue weighted by Crippen LogP contribution is -2.29. The van der Waals surface area contributed by atoms with Gasteiger partial charge in [-0.2, -0.15) is 0 Å². The normalized spacial score (nSPS) is 17.5. The van der Waals surface area contributed by atoms with Crippen LogP contribution >= 0.6 is 0 Å². The van der Waals surface area contributed by atoms with Gasteiger partial charge in [0.05, 0.1) is 11.0 Å². The first-order valence-corrected chi connectivity index (χ1v) is 8.90. The maximum Gasteiger partial charge on any atom is 0.269 e. The molecule has 2 heterocycles. The number of nitro benzene ring substituents is 1. The van der Waals surface area contributed by atoms with E-state index in [1.54, 1.807) is 12.1 Å². The third-order valence-electron chi connectivity index (χ3n) is 5.00. The number of aryl methyl sites for hydroxylation is 1. The second-order valence-electron chi connectivity index (χ2n) is 6.69. The SMILES string of the molecule is O=[N+]([O-])c1ccc(CN2CCCn3cccc3[C@@H]2c2ccccc2)cc1. The molecule has 0 saturated heterocycles. The van der Waals surface area contributed by atoms with E-state index in [1.807, 2.05) is 18.2 Å². The van der Waals surface area contributed by atoms with Crippen LogP contribution in [0.25, 0.3) is 0 Å². The maximum absolute atomic E-state index is 10.9. The van der Waals surface area contributed by atoms with Crippen molar-refractivity contribution in [2.45, 2.75) is 25.6 Å². The van der Waals surface area contributed by atoms with Crippen LogP contribution in [-0.4, -0.2) is 20.9 Å². The molecule has 26 heavy (non-hydrogen) atoms.